The summed E-state index contributed by atoms with van der Waals surface area (Å²) in [6.07, 6.45) is 6.74. The van der Waals surface area contributed by atoms with Gasteiger partial charge in [-0.05, 0) is 81.8 Å². The zero-order valence-electron chi connectivity index (χ0n) is 21.3. The molecular weight excluding hydrogens is 452 g/mol. The van der Waals surface area contributed by atoms with E-state index in [4.69, 9.17) is 9.15 Å². The maximum Gasteiger partial charge on any atom is 0.340 e. The first-order valence-electron chi connectivity index (χ1n) is 13.2. The molecule has 1 amide bonds. The highest BCUT2D eigenvalue weighted by atomic mass is 16.5. The fraction of sp³-hybridized carbons (Fsp3) is 0.467. The van der Waals surface area contributed by atoms with Gasteiger partial charge < -0.3 is 19.4 Å². The third kappa shape index (κ3) is 5.19. The maximum atomic E-state index is 12.8. The molecule has 2 aliphatic heterocycles. The predicted octanol–water partition coefficient (Wildman–Crippen LogP) is 4.76. The quantitative estimate of drug-likeness (QED) is 0.486. The van der Waals surface area contributed by atoms with Gasteiger partial charge in [-0.15, -0.1) is 0 Å². The lowest BCUT2D eigenvalue weighted by Gasteiger charge is -2.44. The molecule has 2 saturated heterocycles. The average Bonchev–Trinajstić information content (AvgIpc) is 2.90. The molecular formula is C30H36N2O4. The first kappa shape index (κ1) is 24.6. The van der Waals surface area contributed by atoms with Crippen LogP contribution in [0.15, 0.2) is 51.7 Å². The minimum absolute atomic E-state index is 0.0528. The van der Waals surface area contributed by atoms with E-state index in [-0.39, 0.29) is 18.1 Å². The van der Waals surface area contributed by atoms with E-state index in [2.05, 4.69) is 10.2 Å². The van der Waals surface area contributed by atoms with Crippen LogP contribution in [0, 0.1) is 19.8 Å². The second kappa shape index (κ2) is 10.9. The summed E-state index contributed by atoms with van der Waals surface area (Å²) < 4.78 is 11.6. The van der Waals surface area contributed by atoms with Gasteiger partial charge in [0.2, 0.25) is 0 Å². The highest BCUT2D eigenvalue weighted by Crippen LogP contribution is 2.31. The molecule has 0 spiro atoms. The van der Waals surface area contributed by atoms with Crippen molar-refractivity contribution in [1.82, 2.24) is 10.2 Å². The molecule has 2 fully saturated rings. The second-order valence-electron chi connectivity index (χ2n) is 10.3. The average molecular weight is 489 g/mol. The van der Waals surface area contributed by atoms with E-state index in [0.717, 1.165) is 22.1 Å². The summed E-state index contributed by atoms with van der Waals surface area (Å²) in [5.74, 6) is 0.971. The van der Waals surface area contributed by atoms with Gasteiger partial charge in [0.15, 0.2) is 6.61 Å². The van der Waals surface area contributed by atoms with Crippen LogP contribution in [0.3, 0.4) is 0 Å². The molecule has 3 heterocycles. The molecule has 6 nitrogen and oxygen atoms in total. The van der Waals surface area contributed by atoms with Crippen molar-refractivity contribution in [3.8, 4) is 5.75 Å². The summed E-state index contributed by atoms with van der Waals surface area (Å²) in [4.78, 5) is 28.1. The topological polar surface area (TPSA) is 71.8 Å². The lowest BCUT2D eigenvalue weighted by Crippen LogP contribution is -2.51. The Kier molecular flexibility index (Phi) is 7.42. The second-order valence-corrected chi connectivity index (χ2v) is 10.3. The van der Waals surface area contributed by atoms with Crippen molar-refractivity contribution >= 4 is 16.9 Å². The zero-order chi connectivity index (χ0) is 25.1. The highest BCUT2D eigenvalue weighted by molar-refractivity contribution is 5.86. The van der Waals surface area contributed by atoms with Crippen molar-refractivity contribution in [3.05, 3.63) is 75.1 Å². The number of aryl methyl sites for hydroxylation is 2. The van der Waals surface area contributed by atoms with Crippen LogP contribution in [-0.4, -0.2) is 43.1 Å². The Morgan fingerprint density at radius 3 is 2.67 bits per heavy atom. The molecule has 190 valence electrons. The zero-order valence-corrected chi connectivity index (χ0v) is 21.3. The van der Waals surface area contributed by atoms with Crippen molar-refractivity contribution < 1.29 is 13.9 Å². The van der Waals surface area contributed by atoms with E-state index < -0.39 is 0 Å². The summed E-state index contributed by atoms with van der Waals surface area (Å²) >= 11 is 0. The standard InChI is InChI=1S/C30H36N2O4/c1-20-24-13-14-27(21(2)29(24)36-30(34)25(20)17-22-9-4-3-5-10-22)35-19-28(33)31-18-23-11-8-16-32-15-7-6-12-26(23)32/h3-5,9-10,13-14,23,26H,6-8,11-12,15-19H2,1-2H3,(H,31,33)/t23-,26+/m0/s1. The number of benzene rings is 2. The molecule has 5 rings (SSSR count). The monoisotopic (exact) mass is 488 g/mol. The molecule has 3 aromatic rings. The van der Waals surface area contributed by atoms with Crippen molar-refractivity contribution in [2.45, 2.75) is 58.4 Å². The Morgan fingerprint density at radius 2 is 1.83 bits per heavy atom. The van der Waals surface area contributed by atoms with Crippen LogP contribution >= 0.6 is 0 Å². The molecule has 0 bridgehead atoms. The fourth-order valence-corrected chi connectivity index (χ4v) is 5.99. The van der Waals surface area contributed by atoms with E-state index in [1.54, 1.807) is 0 Å². The summed E-state index contributed by atoms with van der Waals surface area (Å²) in [6.45, 7) is 6.88. The van der Waals surface area contributed by atoms with E-state index in [1.807, 2.05) is 56.3 Å². The summed E-state index contributed by atoms with van der Waals surface area (Å²) in [6, 6.07) is 14.3. The number of nitrogens with zero attached hydrogens (tertiary/aromatic N) is 1. The molecule has 1 aromatic heterocycles. The lowest BCUT2D eigenvalue weighted by molar-refractivity contribution is -0.123. The van der Waals surface area contributed by atoms with Crippen LogP contribution in [0.1, 0.15) is 54.4 Å². The third-order valence-electron chi connectivity index (χ3n) is 8.03. The van der Waals surface area contributed by atoms with Gasteiger partial charge in [0.25, 0.3) is 5.91 Å². The molecule has 0 unspecified atom stereocenters. The van der Waals surface area contributed by atoms with Crippen LogP contribution in [0.5, 0.6) is 5.75 Å². The number of rotatable bonds is 7. The molecule has 0 radical (unpaired) electrons. The first-order valence-corrected chi connectivity index (χ1v) is 13.2. The van der Waals surface area contributed by atoms with Crippen molar-refractivity contribution in [1.29, 1.82) is 0 Å². The van der Waals surface area contributed by atoms with Crippen molar-refractivity contribution in [2.24, 2.45) is 5.92 Å². The SMILES string of the molecule is Cc1c(Cc2ccccc2)c(=O)oc2c(C)c(OCC(=O)NC[C@@H]3CCCN4CCCC[C@H]34)ccc12. The van der Waals surface area contributed by atoms with Gasteiger partial charge in [0, 0.05) is 35.5 Å². The summed E-state index contributed by atoms with van der Waals surface area (Å²) in [5.41, 5.74) is 3.58. The Hall–Kier alpha value is -3.12. The van der Waals surface area contributed by atoms with E-state index in [0.29, 0.717) is 41.8 Å². The van der Waals surface area contributed by atoms with Crippen LogP contribution < -0.4 is 15.7 Å². The maximum absolute atomic E-state index is 12.8. The molecule has 36 heavy (non-hydrogen) atoms. The van der Waals surface area contributed by atoms with Crippen LogP contribution in [0.4, 0.5) is 0 Å². The van der Waals surface area contributed by atoms with Gasteiger partial charge in [-0.2, -0.15) is 0 Å². The van der Waals surface area contributed by atoms with Gasteiger partial charge in [-0.25, -0.2) is 4.79 Å². The number of ether oxygens (including phenoxy) is 1. The third-order valence-corrected chi connectivity index (χ3v) is 8.03. The number of piperidine rings is 2. The van der Waals surface area contributed by atoms with Crippen molar-refractivity contribution in [3.63, 3.8) is 0 Å². The number of fused-ring (bicyclic) bond motifs is 2. The Morgan fingerprint density at radius 1 is 1.03 bits per heavy atom. The molecule has 2 aliphatic rings. The molecule has 2 aromatic carbocycles. The number of amides is 1. The van der Waals surface area contributed by atoms with Gasteiger partial charge in [-0.3, -0.25) is 4.79 Å². The molecule has 1 N–H and O–H groups in total. The number of carbonyl (C=O) groups excluding carboxylic acids is 1. The molecule has 2 atom stereocenters. The largest absolute Gasteiger partial charge is 0.483 e. The number of nitrogens with one attached hydrogen (secondary N) is 1. The molecule has 0 saturated carbocycles. The van der Waals surface area contributed by atoms with Crippen LogP contribution in [-0.2, 0) is 11.2 Å². The van der Waals surface area contributed by atoms with E-state index in [1.165, 1.54) is 45.2 Å². The summed E-state index contributed by atoms with van der Waals surface area (Å²) in [7, 11) is 0. The molecule has 6 heteroatoms. The fourth-order valence-electron chi connectivity index (χ4n) is 5.99. The highest BCUT2D eigenvalue weighted by Gasteiger charge is 2.32. The van der Waals surface area contributed by atoms with Gasteiger partial charge >= 0.3 is 5.63 Å². The van der Waals surface area contributed by atoms with Crippen LogP contribution in [0.25, 0.3) is 11.0 Å². The Balaban J connectivity index is 1.24. The molecule has 0 aliphatic carbocycles. The predicted molar refractivity (Wildman–Crippen MR) is 142 cm³/mol. The normalized spacial score (nSPS) is 20.2. The van der Waals surface area contributed by atoms with Crippen molar-refractivity contribution in [2.75, 3.05) is 26.2 Å². The Labute approximate surface area is 212 Å². The van der Waals surface area contributed by atoms with E-state index >= 15 is 0 Å². The van der Waals surface area contributed by atoms with E-state index in [9.17, 15) is 9.59 Å². The number of hydrogen-bond acceptors (Lipinski definition) is 5. The number of carbonyl (C=O) groups is 1. The van der Waals surface area contributed by atoms with Crippen LogP contribution in [0.2, 0.25) is 0 Å². The minimum Gasteiger partial charge on any atom is -0.483 e. The van der Waals surface area contributed by atoms with Gasteiger partial charge in [-0.1, -0.05) is 36.8 Å². The lowest BCUT2D eigenvalue weighted by atomic mass is 9.83. The first-order chi connectivity index (χ1) is 17.5. The minimum atomic E-state index is -0.328. The van der Waals surface area contributed by atoms with Gasteiger partial charge in [0.05, 0.1) is 0 Å². The number of hydrogen-bond donors (Lipinski definition) is 1. The smallest absolute Gasteiger partial charge is 0.340 e. The van der Waals surface area contributed by atoms with Gasteiger partial charge in [0.1, 0.15) is 11.3 Å². The Bertz CT molecular complexity index is 1280. The summed E-state index contributed by atoms with van der Waals surface area (Å²) in [5, 5.41) is 3.99.